The SMILES string of the molecule is Cc1cc(NC(=O)C2(c3cc(-c4ccccc4F)on3)CC2)ccc1Br. The predicted molar refractivity (Wildman–Crippen MR) is 100 cm³/mol. The first-order valence-corrected chi connectivity index (χ1v) is 9.09. The number of benzene rings is 2. The highest BCUT2D eigenvalue weighted by Gasteiger charge is 2.53. The standard InChI is InChI=1S/C20H16BrFN2O2/c1-12-10-13(6-7-15(12)21)23-19(25)20(8-9-20)18-11-17(26-24-18)14-4-2-3-5-16(14)22/h2-7,10-11H,8-9H2,1H3,(H,23,25). The van der Waals surface area contributed by atoms with Gasteiger partial charge < -0.3 is 9.84 Å². The highest BCUT2D eigenvalue weighted by atomic mass is 79.9. The quantitative estimate of drug-likeness (QED) is 0.636. The van der Waals surface area contributed by atoms with Gasteiger partial charge in [0.15, 0.2) is 5.76 Å². The van der Waals surface area contributed by atoms with Gasteiger partial charge in [-0.15, -0.1) is 0 Å². The van der Waals surface area contributed by atoms with Crippen molar-refractivity contribution in [3.8, 4) is 11.3 Å². The number of carbonyl (C=O) groups is 1. The molecule has 132 valence electrons. The van der Waals surface area contributed by atoms with Gasteiger partial charge in [-0.25, -0.2) is 4.39 Å². The van der Waals surface area contributed by atoms with E-state index >= 15 is 0 Å². The minimum Gasteiger partial charge on any atom is -0.356 e. The van der Waals surface area contributed by atoms with Gasteiger partial charge in [-0.05, 0) is 55.7 Å². The lowest BCUT2D eigenvalue weighted by Crippen LogP contribution is -2.28. The van der Waals surface area contributed by atoms with Crippen LogP contribution < -0.4 is 5.32 Å². The van der Waals surface area contributed by atoms with E-state index in [0.29, 0.717) is 29.9 Å². The number of nitrogens with zero attached hydrogens (tertiary/aromatic N) is 1. The van der Waals surface area contributed by atoms with E-state index in [1.54, 1.807) is 24.3 Å². The summed E-state index contributed by atoms with van der Waals surface area (Å²) >= 11 is 3.45. The third kappa shape index (κ3) is 2.94. The zero-order chi connectivity index (χ0) is 18.3. The number of aromatic nitrogens is 1. The van der Waals surface area contributed by atoms with Gasteiger partial charge in [0.1, 0.15) is 5.82 Å². The van der Waals surface area contributed by atoms with Gasteiger partial charge in [-0.3, -0.25) is 4.79 Å². The lowest BCUT2D eigenvalue weighted by Gasteiger charge is -2.13. The summed E-state index contributed by atoms with van der Waals surface area (Å²) in [4.78, 5) is 12.8. The summed E-state index contributed by atoms with van der Waals surface area (Å²) in [5.41, 5.74) is 1.96. The number of rotatable bonds is 4. The molecule has 0 aliphatic heterocycles. The molecule has 1 saturated carbocycles. The Kier molecular flexibility index (Phi) is 4.15. The van der Waals surface area contributed by atoms with E-state index in [-0.39, 0.29) is 11.7 Å². The lowest BCUT2D eigenvalue weighted by atomic mass is 10.00. The van der Waals surface area contributed by atoms with Crippen molar-refractivity contribution in [2.75, 3.05) is 5.32 Å². The molecule has 3 aromatic rings. The molecule has 0 unspecified atom stereocenters. The molecule has 1 N–H and O–H groups in total. The first kappa shape index (κ1) is 17.0. The monoisotopic (exact) mass is 414 g/mol. The fraction of sp³-hybridized carbons (Fsp3) is 0.200. The van der Waals surface area contributed by atoms with E-state index in [4.69, 9.17) is 4.52 Å². The van der Waals surface area contributed by atoms with Crippen LogP contribution in [0.3, 0.4) is 0 Å². The molecule has 1 aliphatic carbocycles. The Morgan fingerprint density at radius 2 is 2.00 bits per heavy atom. The Hall–Kier alpha value is -2.47. The highest BCUT2D eigenvalue weighted by Crippen LogP contribution is 2.49. The molecule has 0 bridgehead atoms. The van der Waals surface area contributed by atoms with E-state index in [0.717, 1.165) is 15.7 Å². The van der Waals surface area contributed by atoms with Crippen LogP contribution in [-0.4, -0.2) is 11.1 Å². The number of nitrogens with one attached hydrogen (secondary N) is 1. The maximum absolute atomic E-state index is 13.9. The van der Waals surface area contributed by atoms with Crippen LogP contribution in [0.1, 0.15) is 24.1 Å². The van der Waals surface area contributed by atoms with Gasteiger partial charge in [0.05, 0.1) is 16.7 Å². The van der Waals surface area contributed by atoms with Crippen molar-refractivity contribution in [1.82, 2.24) is 5.16 Å². The third-order valence-corrected chi connectivity index (χ3v) is 5.63. The molecular weight excluding hydrogens is 399 g/mol. The summed E-state index contributed by atoms with van der Waals surface area (Å²) in [7, 11) is 0. The molecule has 1 fully saturated rings. The minimum absolute atomic E-state index is 0.118. The van der Waals surface area contributed by atoms with E-state index in [9.17, 15) is 9.18 Å². The van der Waals surface area contributed by atoms with Crippen molar-refractivity contribution in [2.45, 2.75) is 25.2 Å². The van der Waals surface area contributed by atoms with Gasteiger partial charge in [-0.1, -0.05) is 33.2 Å². The van der Waals surface area contributed by atoms with Gasteiger partial charge in [0.25, 0.3) is 0 Å². The molecule has 1 amide bonds. The number of anilines is 1. The van der Waals surface area contributed by atoms with Gasteiger partial charge in [0, 0.05) is 16.2 Å². The fourth-order valence-corrected chi connectivity index (χ4v) is 3.23. The first-order chi connectivity index (χ1) is 12.5. The smallest absolute Gasteiger partial charge is 0.236 e. The zero-order valence-electron chi connectivity index (χ0n) is 14.1. The van der Waals surface area contributed by atoms with Crippen LogP contribution in [0.15, 0.2) is 57.5 Å². The summed E-state index contributed by atoms with van der Waals surface area (Å²) in [5.74, 6) is -0.167. The van der Waals surface area contributed by atoms with Crippen molar-refractivity contribution in [3.05, 3.63) is 70.1 Å². The van der Waals surface area contributed by atoms with E-state index < -0.39 is 5.41 Å². The number of hydrogen-bond acceptors (Lipinski definition) is 3. The Morgan fingerprint density at radius 3 is 2.69 bits per heavy atom. The van der Waals surface area contributed by atoms with Crippen LogP contribution in [0.5, 0.6) is 0 Å². The fourth-order valence-electron chi connectivity index (χ4n) is 2.99. The van der Waals surface area contributed by atoms with Crippen molar-refractivity contribution in [1.29, 1.82) is 0 Å². The first-order valence-electron chi connectivity index (χ1n) is 8.29. The summed E-state index contributed by atoms with van der Waals surface area (Å²) < 4.78 is 20.2. The van der Waals surface area contributed by atoms with Crippen molar-refractivity contribution in [3.63, 3.8) is 0 Å². The molecule has 0 saturated heterocycles. The highest BCUT2D eigenvalue weighted by molar-refractivity contribution is 9.10. The number of aryl methyl sites for hydroxylation is 1. The van der Waals surface area contributed by atoms with E-state index in [1.165, 1.54) is 6.07 Å². The Labute approximate surface area is 158 Å². The van der Waals surface area contributed by atoms with Crippen molar-refractivity contribution in [2.24, 2.45) is 0 Å². The number of halogens is 2. The van der Waals surface area contributed by atoms with Crippen LogP contribution in [0, 0.1) is 12.7 Å². The average molecular weight is 415 g/mol. The zero-order valence-corrected chi connectivity index (χ0v) is 15.6. The molecule has 1 heterocycles. The third-order valence-electron chi connectivity index (χ3n) is 4.74. The van der Waals surface area contributed by atoms with Crippen LogP contribution in [0.25, 0.3) is 11.3 Å². The molecule has 4 nitrogen and oxygen atoms in total. The molecule has 0 radical (unpaired) electrons. The molecular formula is C20H16BrFN2O2. The van der Waals surface area contributed by atoms with E-state index in [2.05, 4.69) is 26.4 Å². The molecule has 26 heavy (non-hydrogen) atoms. The number of carbonyl (C=O) groups excluding carboxylic acids is 1. The van der Waals surface area contributed by atoms with Gasteiger partial charge in [-0.2, -0.15) is 0 Å². The number of hydrogen-bond donors (Lipinski definition) is 1. The Bertz CT molecular complexity index is 995. The number of amides is 1. The summed E-state index contributed by atoms with van der Waals surface area (Å²) in [6.07, 6.45) is 1.38. The molecule has 0 atom stereocenters. The van der Waals surface area contributed by atoms with Crippen LogP contribution in [0.4, 0.5) is 10.1 Å². The van der Waals surface area contributed by atoms with Crippen LogP contribution >= 0.6 is 15.9 Å². The van der Waals surface area contributed by atoms with Crippen molar-refractivity contribution >= 4 is 27.5 Å². The molecule has 1 aromatic heterocycles. The van der Waals surface area contributed by atoms with Gasteiger partial charge in [0.2, 0.25) is 5.91 Å². The molecule has 1 aliphatic rings. The molecule has 0 spiro atoms. The van der Waals surface area contributed by atoms with E-state index in [1.807, 2.05) is 25.1 Å². The molecule has 4 rings (SSSR count). The van der Waals surface area contributed by atoms with Crippen molar-refractivity contribution < 1.29 is 13.7 Å². The normalized spacial score (nSPS) is 14.9. The second-order valence-corrected chi connectivity index (χ2v) is 7.41. The largest absolute Gasteiger partial charge is 0.356 e. The summed E-state index contributed by atoms with van der Waals surface area (Å²) in [6, 6.07) is 13.7. The topological polar surface area (TPSA) is 55.1 Å². The van der Waals surface area contributed by atoms with Gasteiger partial charge >= 0.3 is 0 Å². The maximum atomic E-state index is 13.9. The second kappa shape index (κ2) is 6.36. The summed E-state index contributed by atoms with van der Waals surface area (Å²) in [5, 5.41) is 7.01. The maximum Gasteiger partial charge on any atom is 0.236 e. The Balaban J connectivity index is 1.58. The minimum atomic E-state index is -0.700. The van der Waals surface area contributed by atoms with Crippen LogP contribution in [-0.2, 0) is 10.2 Å². The summed E-state index contributed by atoms with van der Waals surface area (Å²) in [6.45, 7) is 1.96. The average Bonchev–Trinajstić information content (AvgIpc) is 3.30. The Morgan fingerprint density at radius 1 is 1.23 bits per heavy atom. The lowest BCUT2D eigenvalue weighted by molar-refractivity contribution is -0.118. The van der Waals surface area contributed by atoms with Crippen LogP contribution in [0.2, 0.25) is 0 Å². The molecule has 2 aromatic carbocycles. The predicted octanol–water partition coefficient (Wildman–Crippen LogP) is 5.22. The molecule has 6 heteroatoms. The second-order valence-electron chi connectivity index (χ2n) is 6.56.